The van der Waals surface area contributed by atoms with Gasteiger partial charge in [-0.2, -0.15) is 5.10 Å². The van der Waals surface area contributed by atoms with E-state index in [0.717, 1.165) is 17.1 Å². The number of urea groups is 1. The van der Waals surface area contributed by atoms with Crippen molar-refractivity contribution >= 4 is 29.1 Å². The monoisotopic (exact) mass is 362 g/mol. The third-order valence-electron chi connectivity index (χ3n) is 4.10. The molecular formula is C16H22N6O2S. The molecule has 2 aromatic heterocycles. The van der Waals surface area contributed by atoms with Crippen LogP contribution >= 0.6 is 11.3 Å². The zero-order chi connectivity index (χ0) is 18.0. The Kier molecular flexibility index (Phi) is 5.03. The molecule has 9 heteroatoms. The van der Waals surface area contributed by atoms with E-state index in [1.165, 1.54) is 11.3 Å². The van der Waals surface area contributed by atoms with Crippen molar-refractivity contribution in [2.75, 3.05) is 18.5 Å². The molecule has 3 amide bonds. The van der Waals surface area contributed by atoms with Crippen LogP contribution in [0.15, 0.2) is 17.6 Å². The molecule has 1 fully saturated rings. The molecule has 3 heterocycles. The normalized spacial score (nSPS) is 17.6. The number of thiazole rings is 1. The predicted molar refractivity (Wildman–Crippen MR) is 95.4 cm³/mol. The number of amides is 3. The maximum Gasteiger partial charge on any atom is 0.318 e. The van der Waals surface area contributed by atoms with Gasteiger partial charge in [0.05, 0.1) is 6.54 Å². The first-order valence-electron chi connectivity index (χ1n) is 8.17. The Hall–Kier alpha value is -2.42. The van der Waals surface area contributed by atoms with Crippen LogP contribution in [0.3, 0.4) is 0 Å². The maximum atomic E-state index is 12.7. The lowest BCUT2D eigenvalue weighted by Gasteiger charge is -2.32. The van der Waals surface area contributed by atoms with Gasteiger partial charge in [-0.3, -0.25) is 14.4 Å². The number of carbonyl (C=O) groups is 2. The molecule has 0 aliphatic carbocycles. The summed E-state index contributed by atoms with van der Waals surface area (Å²) in [4.78, 5) is 32.6. The molecule has 1 atom stereocenters. The number of piperidine rings is 1. The Labute approximate surface area is 150 Å². The first-order valence-corrected chi connectivity index (χ1v) is 9.05. The van der Waals surface area contributed by atoms with Crippen molar-refractivity contribution in [1.29, 1.82) is 0 Å². The second-order valence-corrected chi connectivity index (χ2v) is 7.16. The summed E-state index contributed by atoms with van der Waals surface area (Å²) in [6.45, 7) is 2.97. The second-order valence-electron chi connectivity index (χ2n) is 6.22. The van der Waals surface area contributed by atoms with Crippen molar-refractivity contribution in [3.8, 4) is 0 Å². The van der Waals surface area contributed by atoms with E-state index in [-0.39, 0.29) is 11.9 Å². The van der Waals surface area contributed by atoms with E-state index in [4.69, 9.17) is 0 Å². The molecule has 0 radical (unpaired) electrons. The van der Waals surface area contributed by atoms with E-state index in [1.807, 2.05) is 19.4 Å². The second kappa shape index (κ2) is 7.22. The van der Waals surface area contributed by atoms with Gasteiger partial charge in [0.1, 0.15) is 11.0 Å². The van der Waals surface area contributed by atoms with Crippen LogP contribution in [0.4, 0.5) is 10.6 Å². The number of carbonyl (C=O) groups excluding carboxylic acids is 2. The van der Waals surface area contributed by atoms with Crippen molar-refractivity contribution in [3.63, 3.8) is 0 Å². The molecule has 0 unspecified atom stereocenters. The SMILES string of the molecule is Cc1csc(CN(C)C(=O)N[C@@H]2CCCN(c3ccn(C)n3)C2=O)n1. The van der Waals surface area contributed by atoms with E-state index in [1.54, 1.807) is 33.8 Å². The van der Waals surface area contributed by atoms with Crippen LogP contribution in [0.5, 0.6) is 0 Å². The number of anilines is 1. The number of nitrogens with one attached hydrogen (secondary N) is 1. The van der Waals surface area contributed by atoms with Crippen LogP contribution in [-0.4, -0.2) is 51.2 Å². The Bertz CT molecular complexity index is 770. The quantitative estimate of drug-likeness (QED) is 0.894. The Morgan fingerprint density at radius 2 is 2.32 bits per heavy atom. The van der Waals surface area contributed by atoms with Gasteiger partial charge in [0, 0.05) is 44.0 Å². The van der Waals surface area contributed by atoms with Crippen molar-refractivity contribution < 1.29 is 9.59 Å². The summed E-state index contributed by atoms with van der Waals surface area (Å²) >= 11 is 1.52. The van der Waals surface area contributed by atoms with Gasteiger partial charge in [-0.05, 0) is 19.8 Å². The number of aryl methyl sites for hydroxylation is 2. The van der Waals surface area contributed by atoms with Gasteiger partial charge in [0.15, 0.2) is 5.82 Å². The standard InChI is InChI=1S/C16H22N6O2S/c1-11-10-25-14(17-11)9-20(2)16(24)18-12-5-4-7-22(15(12)23)13-6-8-21(3)19-13/h6,8,10,12H,4-5,7,9H2,1-3H3,(H,18,24)/t12-/m1/s1. The van der Waals surface area contributed by atoms with Crippen LogP contribution in [0, 0.1) is 6.92 Å². The van der Waals surface area contributed by atoms with Crippen LogP contribution in [0.2, 0.25) is 0 Å². The molecule has 2 aromatic rings. The third kappa shape index (κ3) is 3.98. The summed E-state index contributed by atoms with van der Waals surface area (Å²) in [5.41, 5.74) is 0.947. The highest BCUT2D eigenvalue weighted by Gasteiger charge is 2.32. The maximum absolute atomic E-state index is 12.7. The fourth-order valence-corrected chi connectivity index (χ4v) is 3.62. The minimum absolute atomic E-state index is 0.114. The van der Waals surface area contributed by atoms with Gasteiger partial charge in [0.25, 0.3) is 5.91 Å². The van der Waals surface area contributed by atoms with E-state index in [9.17, 15) is 9.59 Å². The van der Waals surface area contributed by atoms with Crippen molar-refractivity contribution in [1.82, 2.24) is 25.0 Å². The highest BCUT2D eigenvalue weighted by atomic mass is 32.1. The van der Waals surface area contributed by atoms with Crippen molar-refractivity contribution in [2.24, 2.45) is 7.05 Å². The Morgan fingerprint density at radius 1 is 1.52 bits per heavy atom. The molecule has 25 heavy (non-hydrogen) atoms. The number of aromatic nitrogens is 3. The van der Waals surface area contributed by atoms with E-state index in [0.29, 0.717) is 25.3 Å². The molecular weight excluding hydrogens is 340 g/mol. The highest BCUT2D eigenvalue weighted by molar-refractivity contribution is 7.09. The first-order chi connectivity index (χ1) is 11.9. The molecule has 0 bridgehead atoms. The average molecular weight is 362 g/mol. The van der Waals surface area contributed by atoms with E-state index >= 15 is 0 Å². The van der Waals surface area contributed by atoms with Crippen LogP contribution in [0.25, 0.3) is 0 Å². The summed E-state index contributed by atoms with van der Waals surface area (Å²) in [6.07, 6.45) is 3.26. The smallest absolute Gasteiger partial charge is 0.318 e. The van der Waals surface area contributed by atoms with E-state index in [2.05, 4.69) is 15.4 Å². The van der Waals surface area contributed by atoms with Gasteiger partial charge < -0.3 is 10.2 Å². The summed E-state index contributed by atoms with van der Waals surface area (Å²) in [7, 11) is 3.52. The summed E-state index contributed by atoms with van der Waals surface area (Å²) in [5, 5.41) is 9.95. The van der Waals surface area contributed by atoms with Gasteiger partial charge in [0.2, 0.25) is 0 Å². The van der Waals surface area contributed by atoms with E-state index < -0.39 is 6.04 Å². The first kappa shape index (κ1) is 17.4. The summed E-state index contributed by atoms with van der Waals surface area (Å²) < 4.78 is 1.66. The number of hydrogen-bond donors (Lipinski definition) is 1. The minimum Gasteiger partial charge on any atom is -0.326 e. The van der Waals surface area contributed by atoms with Crippen molar-refractivity contribution in [2.45, 2.75) is 32.4 Å². The lowest BCUT2D eigenvalue weighted by molar-refractivity contribution is -0.121. The zero-order valence-electron chi connectivity index (χ0n) is 14.6. The predicted octanol–water partition coefficient (Wildman–Crippen LogP) is 1.52. The third-order valence-corrected chi connectivity index (χ3v) is 5.05. The molecule has 0 saturated carbocycles. The molecule has 0 spiro atoms. The molecule has 8 nitrogen and oxygen atoms in total. The Morgan fingerprint density at radius 3 is 2.96 bits per heavy atom. The van der Waals surface area contributed by atoms with Gasteiger partial charge in [-0.1, -0.05) is 0 Å². The topological polar surface area (TPSA) is 83.4 Å². The lowest BCUT2D eigenvalue weighted by Crippen LogP contribution is -2.54. The van der Waals surface area contributed by atoms with Crippen LogP contribution in [-0.2, 0) is 18.4 Å². The number of nitrogens with zero attached hydrogens (tertiary/aromatic N) is 5. The molecule has 0 aromatic carbocycles. The molecule has 1 aliphatic heterocycles. The largest absolute Gasteiger partial charge is 0.326 e. The number of rotatable bonds is 4. The van der Waals surface area contributed by atoms with Gasteiger partial charge in [-0.15, -0.1) is 11.3 Å². The minimum atomic E-state index is -0.524. The summed E-state index contributed by atoms with van der Waals surface area (Å²) in [6, 6.07) is 1.01. The fraction of sp³-hybridized carbons (Fsp3) is 0.500. The average Bonchev–Trinajstić information content (AvgIpc) is 3.17. The van der Waals surface area contributed by atoms with Crippen LogP contribution < -0.4 is 10.2 Å². The molecule has 1 saturated heterocycles. The van der Waals surface area contributed by atoms with Crippen molar-refractivity contribution in [3.05, 3.63) is 28.3 Å². The van der Waals surface area contributed by atoms with Gasteiger partial charge in [-0.25, -0.2) is 9.78 Å². The molecule has 1 aliphatic rings. The molecule has 134 valence electrons. The number of hydrogen-bond acceptors (Lipinski definition) is 5. The Balaban J connectivity index is 1.61. The fourth-order valence-electron chi connectivity index (χ4n) is 2.79. The van der Waals surface area contributed by atoms with Crippen LogP contribution in [0.1, 0.15) is 23.5 Å². The highest BCUT2D eigenvalue weighted by Crippen LogP contribution is 2.19. The molecule has 3 rings (SSSR count). The molecule has 1 N–H and O–H groups in total. The summed E-state index contributed by atoms with van der Waals surface area (Å²) in [5.74, 6) is 0.509. The zero-order valence-corrected chi connectivity index (χ0v) is 15.4. The lowest BCUT2D eigenvalue weighted by atomic mass is 10.1. The van der Waals surface area contributed by atoms with Gasteiger partial charge >= 0.3 is 6.03 Å².